The first-order valence-corrected chi connectivity index (χ1v) is 7.16. The molecular formula is C15H28N2O6. The SMILES string of the molecule is C=CC(=O)NCCOCC(O)C(O)COCCNC.C=CC=O. The van der Waals surface area contributed by atoms with Crippen molar-refractivity contribution in [1.82, 2.24) is 10.6 Å². The van der Waals surface area contributed by atoms with E-state index in [2.05, 4.69) is 23.8 Å². The largest absolute Gasteiger partial charge is 0.388 e. The summed E-state index contributed by atoms with van der Waals surface area (Å²) in [6, 6.07) is 0. The summed E-state index contributed by atoms with van der Waals surface area (Å²) in [5.41, 5.74) is 0. The number of likely N-dealkylation sites (N-methyl/N-ethyl adjacent to an activating group) is 1. The summed E-state index contributed by atoms with van der Waals surface area (Å²) in [4.78, 5) is 19.8. The molecule has 4 N–H and O–H groups in total. The van der Waals surface area contributed by atoms with Gasteiger partial charge in [0.05, 0.1) is 26.4 Å². The van der Waals surface area contributed by atoms with Crippen molar-refractivity contribution in [1.29, 1.82) is 0 Å². The highest BCUT2D eigenvalue weighted by Crippen LogP contribution is 1.95. The molecule has 1 amide bonds. The van der Waals surface area contributed by atoms with Gasteiger partial charge in [-0.2, -0.15) is 0 Å². The van der Waals surface area contributed by atoms with Crippen LogP contribution in [0.4, 0.5) is 0 Å². The molecule has 0 aliphatic rings. The lowest BCUT2D eigenvalue weighted by atomic mass is 10.2. The Bertz CT molecular complexity index is 319. The van der Waals surface area contributed by atoms with Gasteiger partial charge < -0.3 is 30.3 Å². The molecule has 0 aliphatic carbocycles. The van der Waals surface area contributed by atoms with Gasteiger partial charge in [0.25, 0.3) is 0 Å². The monoisotopic (exact) mass is 332 g/mol. The highest BCUT2D eigenvalue weighted by Gasteiger charge is 2.16. The number of amides is 1. The highest BCUT2D eigenvalue weighted by molar-refractivity contribution is 5.86. The topological polar surface area (TPSA) is 117 Å². The fourth-order valence-corrected chi connectivity index (χ4v) is 1.12. The zero-order valence-electron chi connectivity index (χ0n) is 13.6. The Morgan fingerprint density at radius 1 is 1.13 bits per heavy atom. The van der Waals surface area contributed by atoms with Crippen LogP contribution in [0.1, 0.15) is 0 Å². The van der Waals surface area contributed by atoms with Crippen LogP contribution in [0.15, 0.2) is 25.3 Å². The zero-order valence-corrected chi connectivity index (χ0v) is 13.6. The molecule has 0 rings (SSSR count). The molecule has 8 nitrogen and oxygen atoms in total. The van der Waals surface area contributed by atoms with Gasteiger partial charge in [-0.3, -0.25) is 9.59 Å². The van der Waals surface area contributed by atoms with Crippen LogP contribution < -0.4 is 10.6 Å². The van der Waals surface area contributed by atoms with Crippen LogP contribution in [-0.4, -0.2) is 81.2 Å². The van der Waals surface area contributed by atoms with Crippen molar-refractivity contribution in [2.75, 3.05) is 46.6 Å². The minimum Gasteiger partial charge on any atom is -0.388 e. The molecule has 0 saturated carbocycles. The predicted octanol–water partition coefficient (Wildman–Crippen LogP) is -1.37. The number of carbonyl (C=O) groups excluding carboxylic acids is 2. The first kappa shape index (κ1) is 23.7. The second-order valence-electron chi connectivity index (χ2n) is 4.26. The highest BCUT2D eigenvalue weighted by atomic mass is 16.5. The Balaban J connectivity index is 0. The standard InChI is InChI=1S/C12H24N2O5.C3H4O/c1-3-12(17)14-5-7-19-9-11(16)10(15)8-18-6-4-13-2;1-2-3-4/h3,10-11,13,15-16H,1,4-9H2,2H3,(H,14,17);2-3H,1H2. The Morgan fingerprint density at radius 2 is 1.61 bits per heavy atom. The maximum Gasteiger partial charge on any atom is 0.243 e. The minimum atomic E-state index is -1.01. The first-order chi connectivity index (χ1) is 11.0. The molecule has 2 unspecified atom stereocenters. The molecule has 0 aliphatic heterocycles. The summed E-state index contributed by atoms with van der Waals surface area (Å²) in [5, 5.41) is 24.5. The summed E-state index contributed by atoms with van der Waals surface area (Å²) >= 11 is 0. The molecule has 134 valence electrons. The third-order valence-electron chi connectivity index (χ3n) is 2.35. The van der Waals surface area contributed by atoms with Crippen LogP contribution >= 0.6 is 0 Å². The molecule has 23 heavy (non-hydrogen) atoms. The van der Waals surface area contributed by atoms with Crippen molar-refractivity contribution in [2.24, 2.45) is 0 Å². The van der Waals surface area contributed by atoms with E-state index in [0.29, 0.717) is 26.0 Å². The van der Waals surface area contributed by atoms with Crippen LogP contribution in [0.5, 0.6) is 0 Å². The lowest BCUT2D eigenvalue weighted by Crippen LogP contribution is -2.36. The van der Waals surface area contributed by atoms with Crippen molar-refractivity contribution in [2.45, 2.75) is 12.2 Å². The summed E-state index contributed by atoms with van der Waals surface area (Å²) in [5.74, 6) is -0.276. The van der Waals surface area contributed by atoms with Gasteiger partial charge in [-0.05, 0) is 19.2 Å². The van der Waals surface area contributed by atoms with Crippen molar-refractivity contribution >= 4 is 12.2 Å². The van der Waals surface area contributed by atoms with Crippen LogP contribution in [0.3, 0.4) is 0 Å². The molecule has 0 bridgehead atoms. The molecule has 0 aromatic heterocycles. The lowest BCUT2D eigenvalue weighted by Gasteiger charge is -2.18. The number of aliphatic hydroxyl groups excluding tert-OH is 2. The number of ether oxygens (including phenoxy) is 2. The van der Waals surface area contributed by atoms with E-state index in [1.165, 1.54) is 12.2 Å². The number of aliphatic hydroxyl groups is 2. The number of rotatable bonds is 13. The molecule has 0 radical (unpaired) electrons. The molecule has 2 atom stereocenters. The minimum absolute atomic E-state index is 0.0134. The molecule has 0 saturated heterocycles. The van der Waals surface area contributed by atoms with Crippen LogP contribution in [0, 0.1) is 0 Å². The van der Waals surface area contributed by atoms with E-state index in [1.54, 1.807) is 7.05 Å². The second kappa shape index (κ2) is 18.5. The average Bonchev–Trinajstić information content (AvgIpc) is 2.57. The van der Waals surface area contributed by atoms with Crippen LogP contribution in [0.25, 0.3) is 0 Å². The quantitative estimate of drug-likeness (QED) is 0.187. The van der Waals surface area contributed by atoms with Crippen molar-refractivity contribution in [3.8, 4) is 0 Å². The number of carbonyl (C=O) groups is 2. The molecule has 8 heteroatoms. The summed E-state index contributed by atoms with van der Waals surface area (Å²) in [6.07, 6.45) is 1.01. The third-order valence-corrected chi connectivity index (χ3v) is 2.35. The number of aldehydes is 1. The van der Waals surface area contributed by atoms with E-state index in [4.69, 9.17) is 14.3 Å². The van der Waals surface area contributed by atoms with Gasteiger partial charge in [0.1, 0.15) is 18.5 Å². The number of hydrogen-bond acceptors (Lipinski definition) is 7. The van der Waals surface area contributed by atoms with Gasteiger partial charge in [0, 0.05) is 13.1 Å². The molecule has 0 fully saturated rings. The predicted molar refractivity (Wildman–Crippen MR) is 87.0 cm³/mol. The van der Waals surface area contributed by atoms with Crippen molar-refractivity contribution < 1.29 is 29.3 Å². The Hall–Kier alpha value is -1.58. The molecular weight excluding hydrogens is 304 g/mol. The zero-order chi connectivity index (χ0) is 17.9. The molecule has 0 spiro atoms. The Labute approximate surface area is 137 Å². The van der Waals surface area contributed by atoms with E-state index >= 15 is 0 Å². The van der Waals surface area contributed by atoms with Crippen LogP contribution in [-0.2, 0) is 19.1 Å². The van der Waals surface area contributed by atoms with Gasteiger partial charge in [-0.1, -0.05) is 13.2 Å². The molecule has 0 heterocycles. The van der Waals surface area contributed by atoms with E-state index in [9.17, 15) is 15.0 Å². The maximum absolute atomic E-state index is 10.8. The van der Waals surface area contributed by atoms with Gasteiger partial charge in [-0.15, -0.1) is 0 Å². The lowest BCUT2D eigenvalue weighted by molar-refractivity contribution is -0.116. The van der Waals surface area contributed by atoms with E-state index in [-0.39, 0.29) is 25.7 Å². The smallest absolute Gasteiger partial charge is 0.243 e. The van der Waals surface area contributed by atoms with Gasteiger partial charge in [0.15, 0.2) is 0 Å². The van der Waals surface area contributed by atoms with E-state index in [0.717, 1.165) is 0 Å². The van der Waals surface area contributed by atoms with Gasteiger partial charge in [-0.25, -0.2) is 0 Å². The maximum atomic E-state index is 10.8. The Kier molecular flexibility index (Phi) is 19.0. The summed E-state index contributed by atoms with van der Waals surface area (Å²) in [7, 11) is 1.80. The van der Waals surface area contributed by atoms with E-state index < -0.39 is 12.2 Å². The van der Waals surface area contributed by atoms with Crippen molar-refractivity contribution in [3.05, 3.63) is 25.3 Å². The fourth-order valence-electron chi connectivity index (χ4n) is 1.12. The van der Waals surface area contributed by atoms with Gasteiger partial charge in [0.2, 0.25) is 5.91 Å². The van der Waals surface area contributed by atoms with Crippen molar-refractivity contribution in [3.63, 3.8) is 0 Å². The average molecular weight is 332 g/mol. The number of allylic oxidation sites excluding steroid dienone is 1. The normalized spacial score (nSPS) is 12.3. The third kappa shape index (κ3) is 18.4. The number of nitrogens with one attached hydrogen (secondary N) is 2. The first-order valence-electron chi connectivity index (χ1n) is 7.16. The van der Waals surface area contributed by atoms with E-state index in [1.807, 2.05) is 0 Å². The fraction of sp³-hybridized carbons (Fsp3) is 0.600. The molecule has 0 aromatic carbocycles. The van der Waals surface area contributed by atoms with Crippen LogP contribution in [0.2, 0.25) is 0 Å². The van der Waals surface area contributed by atoms with Gasteiger partial charge >= 0.3 is 0 Å². The molecule has 0 aromatic rings. The summed E-state index contributed by atoms with van der Waals surface area (Å²) < 4.78 is 10.2. The number of hydrogen-bond donors (Lipinski definition) is 4. The second-order valence-corrected chi connectivity index (χ2v) is 4.26. The summed E-state index contributed by atoms with van der Waals surface area (Å²) in [6.45, 7) is 8.19. The Morgan fingerprint density at radius 3 is 2.00 bits per heavy atom.